The van der Waals surface area contributed by atoms with Gasteiger partial charge in [-0.05, 0) is 37.0 Å². The fourth-order valence-electron chi connectivity index (χ4n) is 3.04. The molecule has 2 rings (SSSR count). The summed E-state index contributed by atoms with van der Waals surface area (Å²) in [5, 5.41) is 28.0. The molecule has 0 bridgehead atoms. The van der Waals surface area contributed by atoms with E-state index in [2.05, 4.69) is 0 Å². The van der Waals surface area contributed by atoms with Crippen LogP contribution in [-0.4, -0.2) is 27.1 Å². The zero-order valence-electron chi connectivity index (χ0n) is 10.2. The Balaban J connectivity index is 1.94. The molecule has 2 fully saturated rings. The van der Waals surface area contributed by atoms with Gasteiger partial charge >= 0.3 is 5.97 Å². The topological polar surface area (TPSA) is 77.8 Å². The van der Waals surface area contributed by atoms with Gasteiger partial charge in [0.05, 0.1) is 0 Å². The van der Waals surface area contributed by atoms with Crippen molar-refractivity contribution in [2.75, 3.05) is 0 Å². The van der Waals surface area contributed by atoms with Crippen molar-refractivity contribution < 1.29 is 20.1 Å². The second-order valence-electron chi connectivity index (χ2n) is 6.02. The second kappa shape index (κ2) is 4.58. The van der Waals surface area contributed by atoms with Crippen LogP contribution in [0.4, 0.5) is 0 Å². The van der Waals surface area contributed by atoms with Gasteiger partial charge in [0, 0.05) is 19.3 Å². The van der Waals surface area contributed by atoms with Gasteiger partial charge in [0.2, 0.25) is 0 Å². The fourth-order valence-corrected chi connectivity index (χ4v) is 3.04. The van der Waals surface area contributed by atoms with E-state index in [0.717, 1.165) is 25.2 Å². The van der Waals surface area contributed by atoms with Gasteiger partial charge in [0.25, 0.3) is 0 Å². The molecule has 0 saturated heterocycles. The van der Waals surface area contributed by atoms with Gasteiger partial charge in [-0.2, -0.15) is 0 Å². The first kappa shape index (κ1) is 12.8. The van der Waals surface area contributed by atoms with Crippen LogP contribution in [0.2, 0.25) is 0 Å². The number of aliphatic hydroxyl groups is 2. The van der Waals surface area contributed by atoms with E-state index in [4.69, 9.17) is 5.11 Å². The molecule has 0 aliphatic heterocycles. The summed E-state index contributed by atoms with van der Waals surface area (Å²) < 4.78 is 0. The van der Waals surface area contributed by atoms with Gasteiger partial charge < -0.3 is 15.3 Å². The summed E-state index contributed by atoms with van der Waals surface area (Å²) in [7, 11) is 0. The highest BCUT2D eigenvalue weighted by atomic mass is 16.5. The summed E-state index contributed by atoms with van der Waals surface area (Å²) in [6.07, 6.45) is 6.78. The standard InChI is InChI=1S/C13H22O4/c14-11(15)3-4-12(9-10-1-2-10)5-7-13(16,17)8-6-12/h10,16-17H,1-9H2,(H,14,15). The molecule has 17 heavy (non-hydrogen) atoms. The predicted octanol–water partition coefficient (Wildman–Crippen LogP) is 1.89. The lowest BCUT2D eigenvalue weighted by molar-refractivity contribution is -0.197. The fraction of sp³-hybridized carbons (Fsp3) is 0.923. The predicted molar refractivity (Wildman–Crippen MR) is 62.3 cm³/mol. The van der Waals surface area contributed by atoms with E-state index in [1.807, 2.05) is 0 Å². The van der Waals surface area contributed by atoms with Crippen LogP contribution in [0.3, 0.4) is 0 Å². The Bertz CT molecular complexity index is 284. The Kier molecular flexibility index (Phi) is 3.46. The number of aliphatic carboxylic acids is 1. The minimum atomic E-state index is -1.52. The van der Waals surface area contributed by atoms with Gasteiger partial charge in [0.1, 0.15) is 0 Å². The van der Waals surface area contributed by atoms with E-state index in [0.29, 0.717) is 19.3 Å². The summed E-state index contributed by atoms with van der Waals surface area (Å²) in [5.74, 6) is -1.50. The third kappa shape index (κ3) is 3.68. The van der Waals surface area contributed by atoms with E-state index in [1.54, 1.807) is 0 Å². The number of carboxylic acids is 1. The highest BCUT2D eigenvalue weighted by Gasteiger charge is 2.43. The lowest BCUT2D eigenvalue weighted by Gasteiger charge is -2.42. The van der Waals surface area contributed by atoms with Crippen LogP contribution in [0, 0.1) is 11.3 Å². The molecule has 0 heterocycles. The first-order chi connectivity index (χ1) is 7.91. The van der Waals surface area contributed by atoms with Crippen LogP contribution in [0.1, 0.15) is 57.8 Å². The minimum Gasteiger partial charge on any atom is -0.481 e. The molecular weight excluding hydrogens is 220 g/mol. The number of hydrogen-bond donors (Lipinski definition) is 3. The van der Waals surface area contributed by atoms with Crippen LogP contribution in [0.15, 0.2) is 0 Å². The molecule has 0 aromatic carbocycles. The molecule has 0 aromatic heterocycles. The van der Waals surface area contributed by atoms with Crippen LogP contribution in [-0.2, 0) is 4.79 Å². The van der Waals surface area contributed by atoms with Crippen LogP contribution in [0.25, 0.3) is 0 Å². The van der Waals surface area contributed by atoms with Gasteiger partial charge in [-0.15, -0.1) is 0 Å². The quantitative estimate of drug-likeness (QED) is 0.643. The molecule has 0 aromatic rings. The van der Waals surface area contributed by atoms with Gasteiger partial charge in [0.15, 0.2) is 5.79 Å². The largest absolute Gasteiger partial charge is 0.481 e. The average molecular weight is 242 g/mol. The van der Waals surface area contributed by atoms with E-state index in [9.17, 15) is 15.0 Å². The normalized spacial score (nSPS) is 26.7. The molecule has 0 spiro atoms. The molecule has 0 amide bonds. The van der Waals surface area contributed by atoms with Crippen LogP contribution < -0.4 is 0 Å². The third-order valence-electron chi connectivity index (χ3n) is 4.40. The average Bonchev–Trinajstić information content (AvgIpc) is 3.03. The third-order valence-corrected chi connectivity index (χ3v) is 4.40. The molecular formula is C13H22O4. The number of rotatable bonds is 5. The monoisotopic (exact) mass is 242 g/mol. The maximum Gasteiger partial charge on any atom is 0.303 e. The molecule has 3 N–H and O–H groups in total. The zero-order chi connectivity index (χ0) is 12.5. The molecule has 0 atom stereocenters. The maximum absolute atomic E-state index is 10.7. The number of carbonyl (C=O) groups is 1. The molecule has 4 heteroatoms. The SMILES string of the molecule is O=C(O)CCC1(CC2CC2)CCC(O)(O)CC1. The summed E-state index contributed by atoms with van der Waals surface area (Å²) in [5.41, 5.74) is 0.0501. The molecule has 2 aliphatic rings. The van der Waals surface area contributed by atoms with Gasteiger partial charge in [-0.3, -0.25) is 4.79 Å². The Hall–Kier alpha value is -0.610. The minimum absolute atomic E-state index is 0.0501. The van der Waals surface area contributed by atoms with Crippen molar-refractivity contribution in [3.05, 3.63) is 0 Å². The van der Waals surface area contributed by atoms with Crippen molar-refractivity contribution in [2.24, 2.45) is 11.3 Å². The molecule has 98 valence electrons. The summed E-state index contributed by atoms with van der Waals surface area (Å²) in [6.45, 7) is 0. The lowest BCUT2D eigenvalue weighted by atomic mass is 9.66. The Morgan fingerprint density at radius 3 is 2.18 bits per heavy atom. The van der Waals surface area contributed by atoms with E-state index in [-0.39, 0.29) is 11.8 Å². The first-order valence-electron chi connectivity index (χ1n) is 6.57. The Morgan fingerprint density at radius 1 is 1.12 bits per heavy atom. The Labute approximate surface area is 102 Å². The van der Waals surface area contributed by atoms with Gasteiger partial charge in [-0.25, -0.2) is 0 Å². The lowest BCUT2D eigenvalue weighted by Crippen LogP contribution is -2.39. The molecule has 0 radical (unpaired) electrons. The van der Waals surface area contributed by atoms with E-state index < -0.39 is 11.8 Å². The molecule has 4 nitrogen and oxygen atoms in total. The Morgan fingerprint density at radius 2 is 1.71 bits per heavy atom. The summed E-state index contributed by atoms with van der Waals surface area (Å²) >= 11 is 0. The smallest absolute Gasteiger partial charge is 0.303 e. The maximum atomic E-state index is 10.7. The number of hydrogen-bond acceptors (Lipinski definition) is 3. The van der Waals surface area contributed by atoms with Crippen molar-refractivity contribution in [1.29, 1.82) is 0 Å². The van der Waals surface area contributed by atoms with Crippen molar-refractivity contribution >= 4 is 5.97 Å². The molecule has 2 aliphatic carbocycles. The summed E-state index contributed by atoms with van der Waals surface area (Å²) in [4.78, 5) is 10.7. The van der Waals surface area contributed by atoms with Crippen molar-refractivity contribution in [3.63, 3.8) is 0 Å². The highest BCUT2D eigenvalue weighted by molar-refractivity contribution is 5.66. The van der Waals surface area contributed by atoms with Gasteiger partial charge in [-0.1, -0.05) is 12.8 Å². The van der Waals surface area contributed by atoms with E-state index in [1.165, 1.54) is 12.8 Å². The van der Waals surface area contributed by atoms with Crippen molar-refractivity contribution in [3.8, 4) is 0 Å². The van der Waals surface area contributed by atoms with Crippen molar-refractivity contribution in [1.82, 2.24) is 0 Å². The zero-order valence-corrected chi connectivity index (χ0v) is 10.2. The molecule has 0 unspecified atom stereocenters. The van der Waals surface area contributed by atoms with E-state index >= 15 is 0 Å². The highest BCUT2D eigenvalue weighted by Crippen LogP contribution is 2.51. The first-order valence-corrected chi connectivity index (χ1v) is 6.57. The van der Waals surface area contributed by atoms with Crippen LogP contribution in [0.5, 0.6) is 0 Å². The van der Waals surface area contributed by atoms with Crippen molar-refractivity contribution in [2.45, 2.75) is 63.6 Å². The summed E-state index contributed by atoms with van der Waals surface area (Å²) in [6, 6.07) is 0. The molecule has 2 saturated carbocycles. The number of carboxylic acid groups (broad SMARTS) is 1. The van der Waals surface area contributed by atoms with Crippen LogP contribution >= 0.6 is 0 Å². The second-order valence-corrected chi connectivity index (χ2v) is 6.02.